The molecule has 1 atom stereocenters. The Morgan fingerprint density at radius 2 is 1.86 bits per heavy atom. The molecule has 0 bridgehead atoms. The minimum Gasteiger partial charge on any atom is -0.493 e. The monoisotopic (exact) mass is 403 g/mol. The summed E-state index contributed by atoms with van der Waals surface area (Å²) in [7, 11) is -3.68. The number of sulfonamides is 1. The number of rotatable bonds is 9. The van der Waals surface area contributed by atoms with Crippen LogP contribution in [0.5, 0.6) is 5.75 Å². The van der Waals surface area contributed by atoms with Gasteiger partial charge in [0.15, 0.2) is 0 Å². The minimum absolute atomic E-state index is 0.0981. The topological polar surface area (TPSA) is 66.8 Å². The van der Waals surface area contributed by atoms with Gasteiger partial charge in [-0.3, -0.25) is 0 Å². The van der Waals surface area contributed by atoms with Gasteiger partial charge in [-0.2, -0.15) is 4.31 Å². The number of aliphatic hydroxyl groups excluding tert-OH is 1. The normalized spacial score (nSPS) is 14.9. The molecular formula is C22H29NO4S. The summed E-state index contributed by atoms with van der Waals surface area (Å²) in [4.78, 5) is 0.271. The van der Waals surface area contributed by atoms with Crippen LogP contribution in [0.2, 0.25) is 0 Å². The van der Waals surface area contributed by atoms with Crippen LogP contribution < -0.4 is 4.74 Å². The van der Waals surface area contributed by atoms with Gasteiger partial charge in [0.05, 0.1) is 17.6 Å². The van der Waals surface area contributed by atoms with Crippen molar-refractivity contribution < 1.29 is 18.3 Å². The third-order valence-corrected chi connectivity index (χ3v) is 6.72. The predicted octanol–water partition coefficient (Wildman–Crippen LogP) is 3.26. The molecule has 1 N–H and O–H groups in total. The number of ether oxygens (including phenoxy) is 1. The van der Waals surface area contributed by atoms with Crippen LogP contribution in [0.1, 0.15) is 31.4 Å². The molecule has 3 rings (SSSR count). The average molecular weight is 404 g/mol. The Morgan fingerprint density at radius 3 is 2.57 bits per heavy atom. The minimum atomic E-state index is -3.68. The molecule has 0 aliphatic carbocycles. The molecule has 0 fully saturated rings. The number of fused-ring (bicyclic) bond motifs is 1. The first kappa shape index (κ1) is 20.8. The van der Waals surface area contributed by atoms with Gasteiger partial charge in [-0.1, -0.05) is 44.2 Å². The van der Waals surface area contributed by atoms with Crippen molar-refractivity contribution in [2.24, 2.45) is 5.92 Å². The summed E-state index contributed by atoms with van der Waals surface area (Å²) in [5.74, 6) is 0.922. The third kappa shape index (κ3) is 5.13. The van der Waals surface area contributed by atoms with Crippen LogP contribution in [0.3, 0.4) is 0 Å². The first-order chi connectivity index (χ1) is 13.4. The maximum atomic E-state index is 13.3. The summed E-state index contributed by atoms with van der Waals surface area (Å²) in [5, 5.41) is 10.5. The number of benzene rings is 2. The first-order valence-electron chi connectivity index (χ1n) is 9.84. The molecule has 0 aromatic heterocycles. The zero-order chi connectivity index (χ0) is 20.1. The van der Waals surface area contributed by atoms with Crippen LogP contribution in [0, 0.1) is 5.92 Å². The zero-order valence-corrected chi connectivity index (χ0v) is 17.4. The lowest BCUT2D eigenvalue weighted by Crippen LogP contribution is -2.40. The number of hydrogen-bond acceptors (Lipinski definition) is 4. The Labute approximate surface area is 168 Å². The molecule has 2 aromatic rings. The molecule has 0 amide bonds. The standard InChI is InChI=1S/C22H29NO4S/c1-17(2)15-23(16-20(24)9-8-18-6-4-3-5-7-18)28(25,26)21-10-11-22-19(14-21)12-13-27-22/h3-7,10-11,14,17,20,24H,8-9,12-13,15-16H2,1-2H3/t20-/m1/s1. The maximum absolute atomic E-state index is 13.3. The maximum Gasteiger partial charge on any atom is 0.243 e. The Balaban J connectivity index is 1.73. The molecule has 152 valence electrons. The second kappa shape index (κ2) is 9.07. The van der Waals surface area contributed by atoms with E-state index in [9.17, 15) is 13.5 Å². The lowest BCUT2D eigenvalue weighted by molar-refractivity contribution is 0.133. The summed E-state index contributed by atoms with van der Waals surface area (Å²) in [6.07, 6.45) is 1.24. The van der Waals surface area contributed by atoms with E-state index in [2.05, 4.69) is 0 Å². The lowest BCUT2D eigenvalue weighted by atomic mass is 10.1. The zero-order valence-electron chi connectivity index (χ0n) is 16.5. The van der Waals surface area contributed by atoms with E-state index < -0.39 is 16.1 Å². The van der Waals surface area contributed by atoms with Crippen molar-refractivity contribution in [2.75, 3.05) is 19.7 Å². The summed E-state index contributed by atoms with van der Waals surface area (Å²) < 4.78 is 33.4. The van der Waals surface area contributed by atoms with Crippen LogP contribution in [-0.2, 0) is 22.9 Å². The molecule has 1 aliphatic rings. The number of aryl methyl sites for hydroxylation is 1. The van der Waals surface area contributed by atoms with Crippen LogP contribution in [0.4, 0.5) is 0 Å². The molecule has 1 heterocycles. The van der Waals surface area contributed by atoms with Crippen molar-refractivity contribution in [3.8, 4) is 5.75 Å². The van der Waals surface area contributed by atoms with Crippen molar-refractivity contribution in [1.29, 1.82) is 0 Å². The molecular weight excluding hydrogens is 374 g/mol. The largest absolute Gasteiger partial charge is 0.493 e. The van der Waals surface area contributed by atoms with E-state index in [-0.39, 0.29) is 17.4 Å². The SMILES string of the molecule is CC(C)CN(C[C@H](O)CCc1ccccc1)S(=O)(=O)c1ccc2c(c1)CCO2. The Hall–Kier alpha value is -1.89. The van der Waals surface area contributed by atoms with Crippen molar-refractivity contribution >= 4 is 10.0 Å². The van der Waals surface area contributed by atoms with Gasteiger partial charge in [-0.05, 0) is 48.1 Å². The van der Waals surface area contributed by atoms with Gasteiger partial charge in [0, 0.05) is 19.5 Å². The Bertz CT molecular complexity index is 881. The Morgan fingerprint density at radius 1 is 1.11 bits per heavy atom. The van der Waals surface area contributed by atoms with E-state index in [1.807, 2.05) is 44.2 Å². The molecule has 1 aliphatic heterocycles. The predicted molar refractivity (Wildman–Crippen MR) is 110 cm³/mol. The molecule has 0 unspecified atom stereocenters. The fraction of sp³-hybridized carbons (Fsp3) is 0.455. The Kier molecular flexibility index (Phi) is 6.75. The second-order valence-corrected chi connectivity index (χ2v) is 9.70. The van der Waals surface area contributed by atoms with Gasteiger partial charge in [-0.25, -0.2) is 8.42 Å². The van der Waals surface area contributed by atoms with Gasteiger partial charge in [0.2, 0.25) is 10.0 Å². The summed E-state index contributed by atoms with van der Waals surface area (Å²) >= 11 is 0. The molecule has 0 saturated carbocycles. The molecule has 2 aromatic carbocycles. The molecule has 0 saturated heterocycles. The van der Waals surface area contributed by atoms with Crippen LogP contribution >= 0.6 is 0 Å². The van der Waals surface area contributed by atoms with Crippen LogP contribution in [0.25, 0.3) is 0 Å². The number of hydrogen-bond donors (Lipinski definition) is 1. The molecule has 0 radical (unpaired) electrons. The fourth-order valence-electron chi connectivity index (χ4n) is 3.45. The third-order valence-electron chi connectivity index (χ3n) is 4.89. The smallest absolute Gasteiger partial charge is 0.243 e. The first-order valence-corrected chi connectivity index (χ1v) is 11.3. The van der Waals surface area contributed by atoms with Gasteiger partial charge < -0.3 is 9.84 Å². The van der Waals surface area contributed by atoms with Gasteiger partial charge >= 0.3 is 0 Å². The van der Waals surface area contributed by atoms with Crippen LogP contribution in [-0.4, -0.2) is 43.6 Å². The van der Waals surface area contributed by atoms with Gasteiger partial charge in [-0.15, -0.1) is 0 Å². The van der Waals surface area contributed by atoms with E-state index in [0.29, 0.717) is 26.0 Å². The highest BCUT2D eigenvalue weighted by atomic mass is 32.2. The van der Waals surface area contributed by atoms with Crippen molar-refractivity contribution in [1.82, 2.24) is 4.31 Å². The molecule has 6 heteroatoms. The summed E-state index contributed by atoms with van der Waals surface area (Å²) in [6.45, 7) is 5.02. The van der Waals surface area contributed by atoms with Crippen molar-refractivity contribution in [3.63, 3.8) is 0 Å². The second-order valence-electron chi connectivity index (χ2n) is 7.76. The van der Waals surface area contributed by atoms with Gasteiger partial charge in [0.1, 0.15) is 5.75 Å². The fourth-order valence-corrected chi connectivity index (χ4v) is 5.15. The van der Waals surface area contributed by atoms with Crippen LogP contribution in [0.15, 0.2) is 53.4 Å². The summed E-state index contributed by atoms with van der Waals surface area (Å²) in [5.41, 5.74) is 2.06. The van der Waals surface area contributed by atoms with E-state index in [4.69, 9.17) is 4.74 Å². The molecule has 28 heavy (non-hydrogen) atoms. The van der Waals surface area contributed by atoms with E-state index >= 15 is 0 Å². The highest BCUT2D eigenvalue weighted by molar-refractivity contribution is 7.89. The van der Waals surface area contributed by atoms with Crippen molar-refractivity contribution in [3.05, 3.63) is 59.7 Å². The molecule has 0 spiro atoms. The summed E-state index contributed by atoms with van der Waals surface area (Å²) in [6, 6.07) is 15.0. The highest BCUT2D eigenvalue weighted by Gasteiger charge is 2.28. The quantitative estimate of drug-likeness (QED) is 0.698. The van der Waals surface area contributed by atoms with Gasteiger partial charge in [0.25, 0.3) is 0 Å². The van der Waals surface area contributed by atoms with Crippen molar-refractivity contribution in [2.45, 2.75) is 44.1 Å². The van der Waals surface area contributed by atoms with E-state index in [1.54, 1.807) is 18.2 Å². The van der Waals surface area contributed by atoms with E-state index in [1.165, 1.54) is 4.31 Å². The number of nitrogens with zero attached hydrogens (tertiary/aromatic N) is 1. The highest BCUT2D eigenvalue weighted by Crippen LogP contribution is 2.29. The average Bonchev–Trinajstić information content (AvgIpc) is 3.14. The number of aliphatic hydroxyl groups is 1. The lowest BCUT2D eigenvalue weighted by Gasteiger charge is -2.26. The van der Waals surface area contributed by atoms with E-state index in [0.717, 1.165) is 23.3 Å². The molecule has 5 nitrogen and oxygen atoms in total.